The summed E-state index contributed by atoms with van der Waals surface area (Å²) >= 11 is 1.47. The van der Waals surface area contributed by atoms with Crippen LogP contribution in [0.5, 0.6) is 0 Å². The summed E-state index contributed by atoms with van der Waals surface area (Å²) in [6, 6.07) is 2.26. The third kappa shape index (κ3) is 1.27. The summed E-state index contributed by atoms with van der Waals surface area (Å²) in [6.07, 6.45) is 0. The SMILES string of the molecule is Fc1cc(F)c2c(c1)SCCN2. The van der Waals surface area contributed by atoms with Crippen LogP contribution in [0.3, 0.4) is 0 Å². The normalized spacial score (nSPS) is 15.2. The van der Waals surface area contributed by atoms with E-state index in [1.54, 1.807) is 0 Å². The molecule has 12 heavy (non-hydrogen) atoms. The van der Waals surface area contributed by atoms with Crippen molar-refractivity contribution in [3.63, 3.8) is 0 Å². The summed E-state index contributed by atoms with van der Waals surface area (Å²) < 4.78 is 25.7. The highest BCUT2D eigenvalue weighted by molar-refractivity contribution is 7.99. The quantitative estimate of drug-likeness (QED) is 0.669. The molecule has 0 radical (unpaired) electrons. The molecular weight excluding hydrogens is 180 g/mol. The van der Waals surface area contributed by atoms with Crippen molar-refractivity contribution >= 4 is 17.4 Å². The van der Waals surface area contributed by atoms with E-state index < -0.39 is 11.6 Å². The fraction of sp³-hybridized carbons (Fsp3) is 0.250. The van der Waals surface area contributed by atoms with E-state index in [4.69, 9.17) is 0 Å². The van der Waals surface area contributed by atoms with Crippen LogP contribution in [0.25, 0.3) is 0 Å². The van der Waals surface area contributed by atoms with Crippen LogP contribution in [0, 0.1) is 11.6 Å². The molecule has 1 heterocycles. The van der Waals surface area contributed by atoms with Crippen LogP contribution in [0.1, 0.15) is 0 Å². The lowest BCUT2D eigenvalue weighted by atomic mass is 10.3. The van der Waals surface area contributed by atoms with Crippen molar-refractivity contribution in [3.05, 3.63) is 23.8 Å². The largest absolute Gasteiger partial charge is 0.381 e. The Balaban J connectivity index is 2.53. The van der Waals surface area contributed by atoms with Gasteiger partial charge < -0.3 is 5.32 Å². The lowest BCUT2D eigenvalue weighted by Crippen LogP contribution is -2.11. The molecule has 1 aliphatic rings. The van der Waals surface area contributed by atoms with Crippen molar-refractivity contribution in [3.8, 4) is 0 Å². The zero-order chi connectivity index (χ0) is 8.55. The van der Waals surface area contributed by atoms with E-state index in [0.717, 1.165) is 18.4 Å². The minimum atomic E-state index is -0.512. The average molecular weight is 187 g/mol. The number of benzene rings is 1. The summed E-state index contributed by atoms with van der Waals surface area (Å²) in [5.74, 6) is -0.157. The highest BCUT2D eigenvalue weighted by Gasteiger charge is 2.14. The Hall–Kier alpha value is -0.770. The first kappa shape index (κ1) is 7.86. The summed E-state index contributed by atoms with van der Waals surface area (Å²) in [5.41, 5.74) is 0.438. The van der Waals surface area contributed by atoms with Gasteiger partial charge in [0.2, 0.25) is 0 Å². The molecule has 0 bridgehead atoms. The molecule has 4 heteroatoms. The van der Waals surface area contributed by atoms with Crippen molar-refractivity contribution in [2.75, 3.05) is 17.6 Å². The Kier molecular flexibility index (Phi) is 1.92. The van der Waals surface area contributed by atoms with Gasteiger partial charge in [-0.2, -0.15) is 0 Å². The number of rotatable bonds is 0. The Morgan fingerprint density at radius 1 is 1.33 bits per heavy atom. The second-order valence-corrected chi connectivity index (χ2v) is 3.67. The van der Waals surface area contributed by atoms with Gasteiger partial charge in [-0.05, 0) is 6.07 Å². The maximum Gasteiger partial charge on any atom is 0.150 e. The third-order valence-corrected chi connectivity index (χ3v) is 2.72. The maximum absolute atomic E-state index is 13.0. The molecule has 0 amide bonds. The number of nitrogens with one attached hydrogen (secondary N) is 1. The van der Waals surface area contributed by atoms with Crippen LogP contribution in [0.2, 0.25) is 0 Å². The molecule has 1 N–H and O–H groups in total. The number of anilines is 1. The van der Waals surface area contributed by atoms with Gasteiger partial charge in [0.25, 0.3) is 0 Å². The first-order chi connectivity index (χ1) is 5.77. The van der Waals surface area contributed by atoms with Gasteiger partial charge in [-0.3, -0.25) is 0 Å². The van der Waals surface area contributed by atoms with E-state index >= 15 is 0 Å². The Bertz CT molecular complexity index is 314. The van der Waals surface area contributed by atoms with Crippen LogP contribution in [0.15, 0.2) is 17.0 Å². The molecule has 64 valence electrons. The molecule has 0 atom stereocenters. The Labute approximate surface area is 73.2 Å². The molecule has 0 saturated heterocycles. The number of fused-ring (bicyclic) bond motifs is 1. The monoisotopic (exact) mass is 187 g/mol. The molecule has 0 spiro atoms. The first-order valence-corrected chi connectivity index (χ1v) is 4.61. The smallest absolute Gasteiger partial charge is 0.150 e. The Morgan fingerprint density at radius 3 is 3.00 bits per heavy atom. The predicted octanol–water partition coefficient (Wildman–Crippen LogP) is 2.48. The second kappa shape index (κ2) is 2.94. The molecule has 1 aromatic carbocycles. The van der Waals surface area contributed by atoms with Crippen LogP contribution < -0.4 is 5.32 Å². The van der Waals surface area contributed by atoms with E-state index in [1.807, 2.05) is 0 Å². The molecule has 2 rings (SSSR count). The summed E-state index contributed by atoms with van der Waals surface area (Å²) in [5, 5.41) is 2.90. The lowest BCUT2D eigenvalue weighted by Gasteiger charge is -2.17. The van der Waals surface area contributed by atoms with Crippen LogP contribution in [0.4, 0.5) is 14.5 Å². The lowest BCUT2D eigenvalue weighted by molar-refractivity contribution is 0.579. The van der Waals surface area contributed by atoms with Crippen molar-refractivity contribution < 1.29 is 8.78 Å². The predicted molar refractivity (Wildman–Crippen MR) is 45.6 cm³/mol. The van der Waals surface area contributed by atoms with Crippen LogP contribution in [-0.2, 0) is 0 Å². The fourth-order valence-electron chi connectivity index (χ4n) is 1.17. The van der Waals surface area contributed by atoms with Gasteiger partial charge in [-0.25, -0.2) is 8.78 Å². The standard InChI is InChI=1S/C8H7F2NS/c9-5-3-6(10)8-7(4-5)12-2-1-11-8/h3-4,11H,1-2H2. The highest BCUT2D eigenvalue weighted by atomic mass is 32.2. The molecular formula is C8H7F2NS. The minimum Gasteiger partial charge on any atom is -0.381 e. The van der Waals surface area contributed by atoms with E-state index in [2.05, 4.69) is 5.32 Å². The number of thioether (sulfide) groups is 1. The molecule has 1 aliphatic heterocycles. The number of halogens is 2. The van der Waals surface area contributed by atoms with E-state index in [1.165, 1.54) is 17.8 Å². The van der Waals surface area contributed by atoms with Gasteiger partial charge in [0.05, 0.1) is 5.69 Å². The zero-order valence-electron chi connectivity index (χ0n) is 6.23. The number of hydrogen-bond donors (Lipinski definition) is 1. The summed E-state index contributed by atoms with van der Waals surface area (Å²) in [7, 11) is 0. The van der Waals surface area contributed by atoms with E-state index in [9.17, 15) is 8.78 Å². The van der Waals surface area contributed by atoms with Gasteiger partial charge >= 0.3 is 0 Å². The zero-order valence-corrected chi connectivity index (χ0v) is 7.05. The van der Waals surface area contributed by atoms with Gasteiger partial charge in [-0.1, -0.05) is 0 Å². The van der Waals surface area contributed by atoms with E-state index in [-0.39, 0.29) is 0 Å². The topological polar surface area (TPSA) is 12.0 Å². The van der Waals surface area contributed by atoms with Gasteiger partial charge in [0.1, 0.15) is 11.6 Å². The number of hydrogen-bond acceptors (Lipinski definition) is 2. The van der Waals surface area contributed by atoms with Crippen LogP contribution >= 0.6 is 11.8 Å². The fourth-order valence-corrected chi connectivity index (χ4v) is 2.11. The molecule has 0 aromatic heterocycles. The minimum absolute atomic E-state index is 0.438. The van der Waals surface area contributed by atoms with Crippen molar-refractivity contribution in [2.45, 2.75) is 4.90 Å². The van der Waals surface area contributed by atoms with Crippen molar-refractivity contribution in [1.82, 2.24) is 0 Å². The van der Waals surface area contributed by atoms with Gasteiger partial charge in [0, 0.05) is 23.3 Å². The van der Waals surface area contributed by atoms with Crippen molar-refractivity contribution in [1.29, 1.82) is 0 Å². The average Bonchev–Trinajstić information content (AvgIpc) is 2.04. The molecule has 0 fully saturated rings. The molecule has 0 unspecified atom stereocenters. The first-order valence-electron chi connectivity index (χ1n) is 3.63. The summed E-state index contributed by atoms with van der Waals surface area (Å²) in [6.45, 7) is 0.736. The van der Waals surface area contributed by atoms with Crippen molar-refractivity contribution in [2.24, 2.45) is 0 Å². The van der Waals surface area contributed by atoms with Gasteiger partial charge in [0.15, 0.2) is 0 Å². The molecule has 0 saturated carbocycles. The van der Waals surface area contributed by atoms with E-state index in [0.29, 0.717) is 10.6 Å². The molecule has 1 aromatic rings. The van der Waals surface area contributed by atoms with Gasteiger partial charge in [-0.15, -0.1) is 11.8 Å². The van der Waals surface area contributed by atoms with Crippen LogP contribution in [-0.4, -0.2) is 12.3 Å². The summed E-state index contributed by atoms with van der Waals surface area (Å²) in [4.78, 5) is 0.666. The third-order valence-electron chi connectivity index (χ3n) is 1.68. The molecule has 0 aliphatic carbocycles. The maximum atomic E-state index is 13.0. The molecule has 1 nitrogen and oxygen atoms in total. The second-order valence-electron chi connectivity index (χ2n) is 2.54. The Morgan fingerprint density at radius 2 is 2.17 bits per heavy atom. The highest BCUT2D eigenvalue weighted by Crippen LogP contribution is 2.33.